The van der Waals surface area contributed by atoms with Gasteiger partial charge in [0.25, 0.3) is 5.91 Å². The van der Waals surface area contributed by atoms with Gasteiger partial charge in [0.15, 0.2) is 0 Å². The second kappa shape index (κ2) is 7.50. The number of aromatic nitrogens is 2. The Morgan fingerprint density at radius 1 is 1.38 bits per heavy atom. The molecule has 2 atom stereocenters. The third-order valence-corrected chi connectivity index (χ3v) is 5.23. The zero-order valence-electron chi connectivity index (χ0n) is 14.9. The number of rotatable bonds is 4. The maximum Gasteiger partial charge on any atom is 0.306 e. The van der Waals surface area contributed by atoms with Gasteiger partial charge in [-0.15, -0.1) is 0 Å². The molecule has 2 heterocycles. The van der Waals surface area contributed by atoms with Gasteiger partial charge in [0.05, 0.1) is 29.1 Å². The van der Waals surface area contributed by atoms with Crippen LogP contribution < -0.4 is 0 Å². The number of piperidine rings is 1. The quantitative estimate of drug-likeness (QED) is 0.889. The summed E-state index contributed by atoms with van der Waals surface area (Å²) in [7, 11) is 0. The van der Waals surface area contributed by atoms with E-state index in [2.05, 4.69) is 5.10 Å². The summed E-state index contributed by atoms with van der Waals surface area (Å²) in [5.74, 6) is -1.34. The van der Waals surface area contributed by atoms with E-state index in [9.17, 15) is 14.7 Å². The minimum Gasteiger partial charge on any atom is -0.481 e. The molecule has 1 aromatic carbocycles. The third-order valence-electron chi connectivity index (χ3n) is 5.00. The molecule has 1 aromatic heterocycles. The van der Waals surface area contributed by atoms with Crippen LogP contribution in [0.5, 0.6) is 0 Å². The van der Waals surface area contributed by atoms with Crippen LogP contribution in [0.15, 0.2) is 30.5 Å². The largest absolute Gasteiger partial charge is 0.481 e. The number of carbonyl (C=O) groups excluding carboxylic acids is 1. The van der Waals surface area contributed by atoms with Gasteiger partial charge in [0, 0.05) is 18.1 Å². The summed E-state index contributed by atoms with van der Waals surface area (Å²) in [6.45, 7) is 4.76. The monoisotopic (exact) mass is 375 g/mol. The van der Waals surface area contributed by atoms with E-state index in [0.717, 1.165) is 11.4 Å². The fourth-order valence-electron chi connectivity index (χ4n) is 3.59. The van der Waals surface area contributed by atoms with Crippen molar-refractivity contribution in [2.24, 2.45) is 11.8 Å². The Kier molecular flexibility index (Phi) is 5.32. The van der Waals surface area contributed by atoms with Crippen molar-refractivity contribution in [3.8, 4) is 5.69 Å². The van der Waals surface area contributed by atoms with E-state index in [1.165, 1.54) is 0 Å². The Balaban J connectivity index is 1.86. The maximum atomic E-state index is 13.0. The average Bonchev–Trinajstić information content (AvgIpc) is 3.04. The summed E-state index contributed by atoms with van der Waals surface area (Å²) in [6.07, 6.45) is 2.72. The van der Waals surface area contributed by atoms with Gasteiger partial charge in [-0.1, -0.05) is 31.5 Å². The van der Waals surface area contributed by atoms with E-state index in [1.807, 2.05) is 32.0 Å². The van der Waals surface area contributed by atoms with Crippen molar-refractivity contribution in [2.45, 2.75) is 26.7 Å². The molecule has 2 unspecified atom stereocenters. The molecule has 0 spiro atoms. The number of hydrogen-bond donors (Lipinski definition) is 1. The molecule has 1 aliphatic rings. The van der Waals surface area contributed by atoms with Crippen molar-refractivity contribution in [1.82, 2.24) is 14.7 Å². The fourth-order valence-corrected chi connectivity index (χ4v) is 3.77. The van der Waals surface area contributed by atoms with Crippen LogP contribution in [0, 0.1) is 11.8 Å². The smallest absolute Gasteiger partial charge is 0.306 e. The van der Waals surface area contributed by atoms with Crippen molar-refractivity contribution in [3.63, 3.8) is 0 Å². The van der Waals surface area contributed by atoms with Crippen LogP contribution in [0.2, 0.25) is 5.02 Å². The summed E-state index contributed by atoms with van der Waals surface area (Å²) < 4.78 is 1.74. The first kappa shape index (κ1) is 18.5. The van der Waals surface area contributed by atoms with E-state index in [0.29, 0.717) is 36.5 Å². The van der Waals surface area contributed by atoms with Gasteiger partial charge < -0.3 is 10.0 Å². The van der Waals surface area contributed by atoms with Crippen LogP contribution in [0.25, 0.3) is 5.69 Å². The van der Waals surface area contributed by atoms with E-state index >= 15 is 0 Å². The lowest BCUT2D eigenvalue weighted by molar-refractivity contribution is -0.145. The molecule has 7 heteroatoms. The van der Waals surface area contributed by atoms with Crippen molar-refractivity contribution in [3.05, 3.63) is 46.7 Å². The Morgan fingerprint density at radius 2 is 2.15 bits per heavy atom. The summed E-state index contributed by atoms with van der Waals surface area (Å²) in [6, 6.07) is 7.34. The second-order valence-electron chi connectivity index (χ2n) is 6.71. The molecular formula is C19H22ClN3O3. The minimum absolute atomic E-state index is 0.0711. The molecule has 1 aliphatic heterocycles. The molecule has 0 bridgehead atoms. The SMILES string of the molecule is CCc1c(C(=O)N2CCC(C(=O)O)C(C)C2)cnn1-c1cccc(Cl)c1. The molecule has 3 rings (SSSR count). The van der Waals surface area contributed by atoms with Crippen LogP contribution in [-0.2, 0) is 11.2 Å². The number of amides is 1. The molecule has 0 radical (unpaired) electrons. The standard InChI is InChI=1S/C19H22ClN3O3/c1-3-17-16(10-21-23(17)14-6-4-5-13(20)9-14)18(24)22-8-7-15(19(25)26)12(2)11-22/h4-6,9-10,12,15H,3,7-8,11H2,1-2H3,(H,25,26). The molecule has 26 heavy (non-hydrogen) atoms. The van der Waals surface area contributed by atoms with E-state index in [-0.39, 0.29) is 17.7 Å². The summed E-state index contributed by atoms with van der Waals surface area (Å²) in [4.78, 5) is 26.0. The molecule has 1 amide bonds. The zero-order chi connectivity index (χ0) is 18.8. The molecule has 2 aromatic rings. The minimum atomic E-state index is -0.785. The summed E-state index contributed by atoms with van der Waals surface area (Å²) >= 11 is 6.07. The van der Waals surface area contributed by atoms with Crippen LogP contribution >= 0.6 is 11.6 Å². The molecular weight excluding hydrogens is 354 g/mol. The zero-order valence-corrected chi connectivity index (χ0v) is 15.6. The lowest BCUT2D eigenvalue weighted by Gasteiger charge is -2.34. The van der Waals surface area contributed by atoms with Crippen molar-refractivity contribution < 1.29 is 14.7 Å². The first-order valence-electron chi connectivity index (χ1n) is 8.77. The molecule has 1 saturated heterocycles. The lowest BCUT2D eigenvalue weighted by atomic mass is 9.87. The highest BCUT2D eigenvalue weighted by atomic mass is 35.5. The summed E-state index contributed by atoms with van der Waals surface area (Å²) in [5, 5.41) is 14.3. The molecule has 1 N–H and O–H groups in total. The van der Waals surface area contributed by atoms with Gasteiger partial charge >= 0.3 is 5.97 Å². The Hall–Kier alpha value is -2.34. The highest BCUT2D eigenvalue weighted by molar-refractivity contribution is 6.30. The van der Waals surface area contributed by atoms with E-state index < -0.39 is 5.97 Å². The summed E-state index contributed by atoms with van der Waals surface area (Å²) in [5.41, 5.74) is 2.20. The maximum absolute atomic E-state index is 13.0. The number of halogens is 1. The van der Waals surface area contributed by atoms with Gasteiger partial charge in [0.1, 0.15) is 0 Å². The van der Waals surface area contributed by atoms with Gasteiger partial charge in [-0.25, -0.2) is 4.68 Å². The average molecular weight is 376 g/mol. The van der Waals surface area contributed by atoms with Crippen LogP contribution in [0.3, 0.4) is 0 Å². The lowest BCUT2D eigenvalue weighted by Crippen LogP contribution is -2.45. The highest BCUT2D eigenvalue weighted by Gasteiger charge is 2.34. The third kappa shape index (κ3) is 3.46. The van der Waals surface area contributed by atoms with Gasteiger partial charge in [0.2, 0.25) is 0 Å². The Bertz CT molecular complexity index is 833. The first-order chi connectivity index (χ1) is 12.4. The first-order valence-corrected chi connectivity index (χ1v) is 9.15. The molecule has 6 nitrogen and oxygen atoms in total. The topological polar surface area (TPSA) is 75.4 Å². The number of likely N-dealkylation sites (tertiary alicyclic amines) is 1. The Labute approximate surface area is 157 Å². The molecule has 0 saturated carbocycles. The predicted octanol–water partition coefficient (Wildman–Crippen LogP) is 3.27. The van der Waals surface area contributed by atoms with Crippen molar-refractivity contribution in [2.75, 3.05) is 13.1 Å². The van der Waals surface area contributed by atoms with Gasteiger partial charge in [-0.3, -0.25) is 9.59 Å². The number of carboxylic acid groups (broad SMARTS) is 1. The fraction of sp³-hybridized carbons (Fsp3) is 0.421. The normalized spacial score (nSPS) is 20.2. The predicted molar refractivity (Wildman–Crippen MR) is 98.8 cm³/mol. The highest BCUT2D eigenvalue weighted by Crippen LogP contribution is 2.26. The molecule has 138 valence electrons. The second-order valence-corrected chi connectivity index (χ2v) is 7.15. The number of carboxylic acids is 1. The van der Waals surface area contributed by atoms with Crippen LogP contribution in [-0.4, -0.2) is 44.8 Å². The van der Waals surface area contributed by atoms with Gasteiger partial charge in [-0.05, 0) is 37.0 Å². The molecule has 0 aliphatic carbocycles. The van der Waals surface area contributed by atoms with E-state index in [1.54, 1.807) is 21.8 Å². The molecule has 1 fully saturated rings. The number of aliphatic carboxylic acids is 1. The van der Waals surface area contributed by atoms with Crippen LogP contribution in [0.4, 0.5) is 0 Å². The number of nitrogens with zero attached hydrogens (tertiary/aromatic N) is 3. The van der Waals surface area contributed by atoms with Crippen molar-refractivity contribution >= 4 is 23.5 Å². The van der Waals surface area contributed by atoms with E-state index in [4.69, 9.17) is 11.6 Å². The number of carbonyl (C=O) groups is 2. The number of hydrogen-bond acceptors (Lipinski definition) is 3. The van der Waals surface area contributed by atoms with Crippen molar-refractivity contribution in [1.29, 1.82) is 0 Å². The van der Waals surface area contributed by atoms with Crippen LogP contribution in [0.1, 0.15) is 36.3 Å². The van der Waals surface area contributed by atoms with Gasteiger partial charge in [-0.2, -0.15) is 5.10 Å². The Morgan fingerprint density at radius 3 is 2.77 bits per heavy atom. The number of benzene rings is 1.